The molecule has 3 atom stereocenters. The molecule has 3 unspecified atom stereocenters. The second-order valence-corrected chi connectivity index (χ2v) is 8.61. The van der Waals surface area contributed by atoms with Gasteiger partial charge in [-0.05, 0) is 0 Å². The van der Waals surface area contributed by atoms with E-state index in [9.17, 15) is 53.2 Å². The van der Waals surface area contributed by atoms with Crippen molar-refractivity contribution >= 4 is 22.1 Å². The van der Waals surface area contributed by atoms with Gasteiger partial charge in [-0.15, -0.1) is 0 Å². The number of carbonyl (C=O) groups is 2. The summed E-state index contributed by atoms with van der Waals surface area (Å²) < 4.78 is 50.6. The van der Waals surface area contributed by atoms with Crippen molar-refractivity contribution in [1.82, 2.24) is 0 Å². The molecule has 0 bridgehead atoms. The summed E-state index contributed by atoms with van der Waals surface area (Å²) in [6, 6.07) is 0. The molecule has 17 heteroatoms. The van der Waals surface area contributed by atoms with E-state index in [0.717, 1.165) is 0 Å². The van der Waals surface area contributed by atoms with E-state index in [-0.39, 0.29) is 19.8 Å². The molecule has 212 valence electrons. The average Bonchev–Trinajstić information content (AvgIpc) is 2.84. The van der Waals surface area contributed by atoms with Crippen molar-refractivity contribution in [3.8, 4) is 0 Å². The molecule has 0 radical (unpaired) electrons. The van der Waals surface area contributed by atoms with Crippen molar-refractivity contribution in [2.24, 2.45) is 0 Å². The van der Waals surface area contributed by atoms with Crippen LogP contribution >= 0.6 is 0 Å². The van der Waals surface area contributed by atoms with E-state index in [0.29, 0.717) is 0 Å². The lowest BCUT2D eigenvalue weighted by atomic mass is 9.84. The molecule has 37 heavy (non-hydrogen) atoms. The number of carboxylic acid groups (broad SMARTS) is 2. The summed E-state index contributed by atoms with van der Waals surface area (Å²) in [6.07, 6.45) is -5.99. The molecule has 1 aromatic rings. The van der Waals surface area contributed by atoms with Gasteiger partial charge in [0.15, 0.2) is 0 Å². The Labute approximate surface area is 210 Å². The molecule has 0 aliphatic carbocycles. The summed E-state index contributed by atoms with van der Waals surface area (Å²) in [6.45, 7) is -5.78. The Kier molecular flexibility index (Phi) is 13.5. The Morgan fingerprint density at radius 2 is 1.22 bits per heavy atom. The maximum absolute atomic E-state index is 12.5. The molecule has 0 aliphatic rings. The molecule has 0 fully saturated rings. The molecule has 0 saturated heterocycles. The van der Waals surface area contributed by atoms with Crippen molar-refractivity contribution in [2.45, 2.75) is 23.2 Å². The molecule has 0 amide bonds. The first-order valence-electron chi connectivity index (χ1n) is 10.6. The largest absolute Gasteiger partial charge is 0.478 e. The van der Waals surface area contributed by atoms with E-state index in [2.05, 4.69) is 0 Å². The minimum absolute atomic E-state index is 0.115. The summed E-state index contributed by atoms with van der Waals surface area (Å²) in [7, 11) is -5.60. The highest BCUT2D eigenvalue weighted by molar-refractivity contribution is 7.86. The molecule has 1 rings (SSSR count). The number of rotatable bonds is 18. The van der Waals surface area contributed by atoms with Crippen molar-refractivity contribution in [1.29, 1.82) is 0 Å². The zero-order valence-corrected chi connectivity index (χ0v) is 20.2. The summed E-state index contributed by atoms with van der Waals surface area (Å²) in [5, 5.41) is 77.4. The van der Waals surface area contributed by atoms with Crippen LogP contribution in [-0.2, 0) is 24.3 Å². The van der Waals surface area contributed by atoms with Crippen LogP contribution in [0.15, 0.2) is 4.90 Å². The number of ether oxygens (including phenoxy) is 3. The predicted octanol–water partition coefficient (Wildman–Crippen LogP) is -2.54. The molecular weight excluding hydrogens is 528 g/mol. The Morgan fingerprint density at radius 3 is 1.65 bits per heavy atom. The van der Waals surface area contributed by atoms with Crippen LogP contribution in [0.2, 0.25) is 0 Å². The van der Waals surface area contributed by atoms with Gasteiger partial charge in [0.05, 0.1) is 70.6 Å². The zero-order chi connectivity index (χ0) is 28.3. The van der Waals surface area contributed by atoms with Gasteiger partial charge < -0.3 is 55.1 Å². The zero-order valence-electron chi connectivity index (χ0n) is 19.4. The van der Waals surface area contributed by atoms with Gasteiger partial charge in [0.2, 0.25) is 0 Å². The van der Waals surface area contributed by atoms with Crippen molar-refractivity contribution in [2.75, 3.05) is 59.5 Å². The van der Waals surface area contributed by atoms with Crippen LogP contribution in [0.4, 0.5) is 0 Å². The predicted molar refractivity (Wildman–Crippen MR) is 119 cm³/mol. The van der Waals surface area contributed by atoms with Crippen LogP contribution in [0.5, 0.6) is 0 Å². The minimum Gasteiger partial charge on any atom is -0.478 e. The lowest BCUT2D eigenvalue weighted by Crippen LogP contribution is -2.30. The van der Waals surface area contributed by atoms with Crippen LogP contribution in [0.1, 0.15) is 55.7 Å². The fourth-order valence-electron chi connectivity index (χ4n) is 3.64. The molecule has 0 spiro atoms. The lowest BCUT2D eigenvalue weighted by molar-refractivity contribution is -0.0320. The average molecular weight is 559 g/mol. The van der Waals surface area contributed by atoms with E-state index < -0.39 is 113 Å². The van der Waals surface area contributed by atoms with Gasteiger partial charge in [-0.25, -0.2) is 9.59 Å². The first-order valence-corrected chi connectivity index (χ1v) is 12.1. The number of hydrogen-bond acceptors (Lipinski definition) is 13. The molecule has 16 nitrogen and oxygen atoms in total. The molecule has 0 heterocycles. The quantitative estimate of drug-likeness (QED) is 0.0662. The SMILES string of the molecule is O=C(O)c1c(C(O)CO)c(C(=O)O)c(S(=O)(=O)O)c(C(CO)OCCOCCO)c1C(CO)OCCO. The van der Waals surface area contributed by atoms with Crippen LogP contribution in [0.25, 0.3) is 0 Å². The number of aliphatic hydroxyl groups is 6. The van der Waals surface area contributed by atoms with Gasteiger partial charge in [0, 0.05) is 16.7 Å². The summed E-state index contributed by atoms with van der Waals surface area (Å²) in [4.78, 5) is 23.1. The van der Waals surface area contributed by atoms with Crippen LogP contribution in [0, 0.1) is 0 Å². The van der Waals surface area contributed by atoms with Gasteiger partial charge in [-0.2, -0.15) is 8.42 Å². The maximum atomic E-state index is 12.5. The molecule has 1 aromatic carbocycles. The molecule has 0 aromatic heterocycles. The highest BCUT2D eigenvalue weighted by atomic mass is 32.2. The first kappa shape index (κ1) is 32.7. The van der Waals surface area contributed by atoms with Crippen LogP contribution in [-0.4, -0.2) is 125 Å². The summed E-state index contributed by atoms with van der Waals surface area (Å²) in [5.41, 5.74) is -5.41. The third-order valence-electron chi connectivity index (χ3n) is 4.93. The van der Waals surface area contributed by atoms with E-state index in [4.69, 9.17) is 24.4 Å². The lowest BCUT2D eigenvalue weighted by Gasteiger charge is -2.30. The van der Waals surface area contributed by atoms with E-state index in [1.54, 1.807) is 0 Å². The first-order chi connectivity index (χ1) is 17.4. The van der Waals surface area contributed by atoms with Crippen LogP contribution < -0.4 is 0 Å². The highest BCUT2D eigenvalue weighted by Gasteiger charge is 2.42. The number of aromatic carboxylic acids is 2. The monoisotopic (exact) mass is 558 g/mol. The molecule has 9 N–H and O–H groups in total. The Bertz CT molecular complexity index is 1020. The second-order valence-electron chi connectivity index (χ2n) is 7.25. The number of aliphatic hydroxyl groups excluding tert-OH is 6. The number of benzene rings is 1. The number of carboxylic acids is 2. The van der Waals surface area contributed by atoms with E-state index in [1.807, 2.05) is 0 Å². The Balaban J connectivity index is 4.30. The fraction of sp³-hybridized carbons (Fsp3) is 0.600. The highest BCUT2D eigenvalue weighted by Crippen LogP contribution is 2.42. The smallest absolute Gasteiger partial charge is 0.337 e. The maximum Gasteiger partial charge on any atom is 0.337 e. The third-order valence-corrected chi connectivity index (χ3v) is 5.87. The minimum atomic E-state index is -5.60. The molecular formula is C20H30O16S. The summed E-state index contributed by atoms with van der Waals surface area (Å²) >= 11 is 0. The van der Waals surface area contributed by atoms with Gasteiger partial charge in [-0.1, -0.05) is 0 Å². The second kappa shape index (κ2) is 15.2. The summed E-state index contributed by atoms with van der Waals surface area (Å²) in [5.74, 6) is -4.10. The van der Waals surface area contributed by atoms with Crippen molar-refractivity contribution in [3.05, 3.63) is 27.8 Å². The van der Waals surface area contributed by atoms with Crippen LogP contribution in [0.3, 0.4) is 0 Å². The van der Waals surface area contributed by atoms with Gasteiger partial charge >= 0.3 is 11.9 Å². The van der Waals surface area contributed by atoms with E-state index in [1.165, 1.54) is 0 Å². The van der Waals surface area contributed by atoms with Crippen molar-refractivity contribution < 1.29 is 77.6 Å². The van der Waals surface area contributed by atoms with Gasteiger partial charge in [-0.3, -0.25) is 4.55 Å². The Morgan fingerprint density at radius 1 is 0.703 bits per heavy atom. The standard InChI is InChI=1S/C20H30O16S/c21-1-3-34-5-6-36-12(9-25)15-14(11(8-24)35-4-2-22)16(19(27)28)13(10(26)7-23)17(20(29)30)18(15)37(31,32)33/h10-12,21-26H,1-9H2,(H,27,28)(H,29,30)(H,31,32,33). The molecule has 0 saturated carbocycles. The van der Waals surface area contributed by atoms with Gasteiger partial charge in [0.25, 0.3) is 10.1 Å². The van der Waals surface area contributed by atoms with Gasteiger partial charge in [0.1, 0.15) is 23.2 Å². The van der Waals surface area contributed by atoms with E-state index >= 15 is 0 Å². The number of hydrogen-bond donors (Lipinski definition) is 9. The fourth-order valence-corrected chi connectivity index (χ4v) is 4.61. The molecule has 0 aliphatic heterocycles. The Hall–Kier alpha value is -2.29. The van der Waals surface area contributed by atoms with Crippen molar-refractivity contribution in [3.63, 3.8) is 0 Å². The topological polar surface area (TPSA) is 278 Å². The normalized spacial score (nSPS) is 14.4. The third kappa shape index (κ3) is 8.09.